The summed E-state index contributed by atoms with van der Waals surface area (Å²) >= 11 is 0. The van der Waals surface area contributed by atoms with E-state index in [2.05, 4.69) is 0 Å². The normalized spacial score (nSPS) is 15.4. The monoisotopic (exact) mass is 429 g/mol. The van der Waals surface area contributed by atoms with Gasteiger partial charge in [-0.1, -0.05) is 54.6 Å². The van der Waals surface area contributed by atoms with Crippen LogP contribution >= 0.6 is 0 Å². The summed E-state index contributed by atoms with van der Waals surface area (Å²) in [7, 11) is 3.27. The molecule has 0 aliphatic carbocycles. The predicted molar refractivity (Wildman–Crippen MR) is 123 cm³/mol. The number of likely N-dealkylation sites (tertiary alicyclic amines) is 1. The van der Waals surface area contributed by atoms with Gasteiger partial charge in [-0.3, -0.25) is 9.59 Å². The number of Topliss-reactive ketones (excluding diaryl/α,β-unsaturated/α-hetero) is 1. The molecule has 4 rings (SSSR count). The van der Waals surface area contributed by atoms with Crippen LogP contribution in [-0.4, -0.2) is 36.9 Å². The van der Waals surface area contributed by atoms with Crippen molar-refractivity contribution in [1.29, 1.82) is 0 Å². The number of nitrogens with zero attached hydrogens (tertiary/aromatic N) is 1. The van der Waals surface area contributed by atoms with Crippen molar-refractivity contribution >= 4 is 11.7 Å². The van der Waals surface area contributed by atoms with Crippen molar-refractivity contribution in [3.63, 3.8) is 0 Å². The zero-order valence-electron chi connectivity index (χ0n) is 18.4. The molecule has 164 valence electrons. The third-order valence-corrected chi connectivity index (χ3v) is 6.03. The Hall–Kier alpha value is -3.60. The molecule has 3 aromatic carbocycles. The van der Waals surface area contributed by atoms with Gasteiger partial charge in [0, 0.05) is 24.4 Å². The molecule has 0 saturated carbocycles. The number of carbonyl (C=O) groups excluding carboxylic acids is 2. The van der Waals surface area contributed by atoms with Crippen LogP contribution in [0.2, 0.25) is 0 Å². The molecule has 1 unspecified atom stereocenters. The van der Waals surface area contributed by atoms with Crippen LogP contribution in [0.5, 0.6) is 11.5 Å². The predicted octanol–water partition coefficient (Wildman–Crippen LogP) is 5.06. The van der Waals surface area contributed by atoms with Crippen LogP contribution in [0.4, 0.5) is 0 Å². The van der Waals surface area contributed by atoms with E-state index in [-0.39, 0.29) is 23.8 Å². The zero-order chi connectivity index (χ0) is 22.5. The number of β-lactam (4-membered cyclic amide) rings is 1. The molecule has 0 N–H and O–H groups in total. The van der Waals surface area contributed by atoms with Crippen LogP contribution in [0.1, 0.15) is 46.8 Å². The van der Waals surface area contributed by atoms with Crippen molar-refractivity contribution in [2.24, 2.45) is 0 Å². The number of carbonyl (C=O) groups is 2. The molecule has 0 aromatic heterocycles. The lowest BCUT2D eigenvalue weighted by Gasteiger charge is -2.46. The maximum atomic E-state index is 12.8. The Morgan fingerprint density at radius 1 is 0.875 bits per heavy atom. The minimum absolute atomic E-state index is 0.0179. The molecule has 1 atom stereocenters. The number of hydrogen-bond donors (Lipinski definition) is 0. The highest BCUT2D eigenvalue weighted by Crippen LogP contribution is 2.39. The van der Waals surface area contributed by atoms with Gasteiger partial charge in [-0.15, -0.1) is 0 Å². The van der Waals surface area contributed by atoms with E-state index < -0.39 is 0 Å². The summed E-state index contributed by atoms with van der Waals surface area (Å²) in [5, 5.41) is 0. The molecule has 0 radical (unpaired) electrons. The van der Waals surface area contributed by atoms with Gasteiger partial charge in [-0.2, -0.15) is 0 Å². The maximum absolute atomic E-state index is 12.8. The quantitative estimate of drug-likeness (QED) is 0.353. The fraction of sp³-hybridized carbons (Fsp3) is 0.259. The molecule has 0 spiro atoms. The third kappa shape index (κ3) is 4.52. The number of methoxy groups -OCH3 is 2. The highest BCUT2D eigenvalue weighted by atomic mass is 16.5. The van der Waals surface area contributed by atoms with Crippen molar-refractivity contribution < 1.29 is 19.1 Å². The molecule has 5 nitrogen and oxygen atoms in total. The van der Waals surface area contributed by atoms with Gasteiger partial charge in [0.25, 0.3) is 0 Å². The van der Waals surface area contributed by atoms with Crippen LogP contribution in [0, 0.1) is 0 Å². The number of amides is 1. The van der Waals surface area contributed by atoms with Gasteiger partial charge in [-0.05, 0) is 41.8 Å². The fourth-order valence-corrected chi connectivity index (χ4v) is 4.24. The van der Waals surface area contributed by atoms with E-state index in [4.69, 9.17) is 9.47 Å². The van der Waals surface area contributed by atoms with E-state index in [0.717, 1.165) is 22.6 Å². The van der Waals surface area contributed by atoms with Gasteiger partial charge in [0.1, 0.15) is 11.5 Å². The SMILES string of the molecule is COc1ccc(C(c2ccc(OC)cc2)N2C(=O)CC2CCC(=O)c2ccccc2)cc1. The largest absolute Gasteiger partial charge is 0.497 e. The summed E-state index contributed by atoms with van der Waals surface area (Å²) in [5.74, 6) is 1.73. The first-order valence-corrected chi connectivity index (χ1v) is 10.8. The molecule has 1 saturated heterocycles. The highest BCUT2D eigenvalue weighted by molar-refractivity contribution is 5.96. The van der Waals surface area contributed by atoms with E-state index in [1.807, 2.05) is 83.8 Å². The van der Waals surface area contributed by atoms with Crippen molar-refractivity contribution in [3.8, 4) is 11.5 Å². The lowest BCUT2D eigenvalue weighted by Crippen LogP contribution is -2.54. The van der Waals surface area contributed by atoms with Crippen molar-refractivity contribution in [2.75, 3.05) is 14.2 Å². The first kappa shape index (κ1) is 21.6. The van der Waals surface area contributed by atoms with Gasteiger partial charge in [0.2, 0.25) is 5.91 Å². The molecule has 1 aliphatic rings. The first-order chi connectivity index (χ1) is 15.6. The Morgan fingerprint density at radius 3 is 1.88 bits per heavy atom. The van der Waals surface area contributed by atoms with Crippen LogP contribution < -0.4 is 9.47 Å². The van der Waals surface area contributed by atoms with Crippen molar-refractivity contribution in [3.05, 3.63) is 95.6 Å². The fourth-order valence-electron chi connectivity index (χ4n) is 4.24. The maximum Gasteiger partial charge on any atom is 0.225 e. The van der Waals surface area contributed by atoms with Gasteiger partial charge < -0.3 is 14.4 Å². The third-order valence-electron chi connectivity index (χ3n) is 6.03. The van der Waals surface area contributed by atoms with E-state index in [9.17, 15) is 9.59 Å². The topological polar surface area (TPSA) is 55.8 Å². The summed E-state index contributed by atoms with van der Waals surface area (Å²) in [6.07, 6.45) is 1.52. The van der Waals surface area contributed by atoms with E-state index in [1.165, 1.54) is 0 Å². The minimum atomic E-state index is -0.232. The number of benzene rings is 3. The number of ether oxygens (including phenoxy) is 2. The van der Waals surface area contributed by atoms with Crippen LogP contribution in [0.3, 0.4) is 0 Å². The van der Waals surface area contributed by atoms with Crippen molar-refractivity contribution in [1.82, 2.24) is 4.90 Å². The molecule has 1 heterocycles. The standard InChI is InChI=1S/C27H27NO4/c1-31-23-13-8-20(9-14-23)27(21-10-15-24(32-2)16-11-21)28-22(18-26(28)30)12-17-25(29)19-6-4-3-5-7-19/h3-11,13-16,22,27H,12,17-18H2,1-2H3. The van der Waals surface area contributed by atoms with E-state index in [0.29, 0.717) is 24.8 Å². The van der Waals surface area contributed by atoms with Gasteiger partial charge in [0.15, 0.2) is 5.78 Å². The zero-order valence-corrected chi connectivity index (χ0v) is 18.4. The van der Waals surface area contributed by atoms with Crippen LogP contribution in [0.15, 0.2) is 78.9 Å². The molecule has 3 aromatic rings. The highest BCUT2D eigenvalue weighted by Gasteiger charge is 2.41. The average Bonchev–Trinajstić information content (AvgIpc) is 2.85. The molecule has 1 aliphatic heterocycles. The molecule has 32 heavy (non-hydrogen) atoms. The Labute approximate surface area is 188 Å². The second-order valence-electron chi connectivity index (χ2n) is 7.94. The Morgan fingerprint density at radius 2 is 1.41 bits per heavy atom. The Bertz CT molecular complexity index is 1010. The van der Waals surface area contributed by atoms with Gasteiger partial charge in [0.05, 0.1) is 20.3 Å². The second-order valence-corrected chi connectivity index (χ2v) is 7.94. The van der Waals surface area contributed by atoms with Gasteiger partial charge in [-0.25, -0.2) is 0 Å². The lowest BCUT2D eigenvalue weighted by atomic mass is 9.87. The number of ketones is 1. The minimum Gasteiger partial charge on any atom is -0.497 e. The molecule has 1 fully saturated rings. The van der Waals surface area contributed by atoms with Crippen LogP contribution in [0.25, 0.3) is 0 Å². The summed E-state index contributed by atoms with van der Waals surface area (Å²) in [6.45, 7) is 0. The van der Waals surface area contributed by atoms with Crippen molar-refractivity contribution in [2.45, 2.75) is 31.3 Å². The Kier molecular flexibility index (Phi) is 6.55. The van der Waals surface area contributed by atoms with Crippen LogP contribution in [-0.2, 0) is 4.79 Å². The summed E-state index contributed by atoms with van der Waals surface area (Å²) in [6, 6.07) is 24.7. The van der Waals surface area contributed by atoms with E-state index >= 15 is 0 Å². The Balaban J connectivity index is 1.58. The average molecular weight is 430 g/mol. The number of rotatable bonds is 9. The summed E-state index contributed by atoms with van der Waals surface area (Å²) in [5.41, 5.74) is 2.72. The molecular weight excluding hydrogens is 402 g/mol. The first-order valence-electron chi connectivity index (χ1n) is 10.8. The smallest absolute Gasteiger partial charge is 0.225 e. The number of hydrogen-bond acceptors (Lipinski definition) is 4. The summed E-state index contributed by atoms with van der Waals surface area (Å²) in [4.78, 5) is 27.3. The van der Waals surface area contributed by atoms with Gasteiger partial charge >= 0.3 is 0 Å². The molecular formula is C27H27NO4. The summed E-state index contributed by atoms with van der Waals surface area (Å²) < 4.78 is 10.6. The molecule has 0 bridgehead atoms. The van der Waals surface area contributed by atoms with E-state index in [1.54, 1.807) is 14.2 Å². The molecule has 5 heteroatoms. The molecule has 1 amide bonds. The second kappa shape index (κ2) is 9.69. The lowest BCUT2D eigenvalue weighted by molar-refractivity contribution is -0.149.